The van der Waals surface area contributed by atoms with E-state index in [9.17, 15) is 4.79 Å². The van der Waals surface area contributed by atoms with Gasteiger partial charge in [-0.05, 0) is 51.6 Å². The van der Waals surface area contributed by atoms with Crippen molar-refractivity contribution in [1.82, 2.24) is 20.0 Å². The number of likely N-dealkylation sites (tertiary alicyclic amines) is 1. The number of aromatic nitrogens is 2. The lowest BCUT2D eigenvalue weighted by Crippen LogP contribution is -2.38. The van der Waals surface area contributed by atoms with Crippen molar-refractivity contribution in [3.63, 3.8) is 0 Å². The number of rotatable bonds is 5. The van der Waals surface area contributed by atoms with Crippen LogP contribution in [-0.2, 0) is 11.8 Å². The zero-order valence-electron chi connectivity index (χ0n) is 14.9. The molecule has 0 spiro atoms. The van der Waals surface area contributed by atoms with Gasteiger partial charge in [-0.2, -0.15) is 5.10 Å². The van der Waals surface area contributed by atoms with E-state index < -0.39 is 0 Å². The monoisotopic (exact) mass is 346 g/mol. The van der Waals surface area contributed by atoms with E-state index in [-0.39, 0.29) is 11.9 Å². The van der Waals surface area contributed by atoms with Crippen LogP contribution in [0.3, 0.4) is 0 Å². The first-order valence-corrected chi connectivity index (χ1v) is 9.42. The van der Waals surface area contributed by atoms with Crippen LogP contribution in [0.1, 0.15) is 53.7 Å². The fraction of sp³-hybridized carbons (Fsp3) is 0.556. The van der Waals surface area contributed by atoms with Crippen LogP contribution in [-0.4, -0.2) is 33.7 Å². The predicted octanol–water partition coefficient (Wildman–Crippen LogP) is 3.11. The van der Waals surface area contributed by atoms with Gasteiger partial charge in [0.15, 0.2) is 0 Å². The van der Waals surface area contributed by atoms with Crippen LogP contribution in [0.25, 0.3) is 0 Å². The topological polar surface area (TPSA) is 50.2 Å². The number of carbonyl (C=O) groups excluding carboxylic acids is 1. The Balaban J connectivity index is 1.66. The van der Waals surface area contributed by atoms with E-state index in [1.165, 1.54) is 16.1 Å². The zero-order valence-corrected chi connectivity index (χ0v) is 15.7. The molecule has 0 saturated carbocycles. The highest BCUT2D eigenvalue weighted by Crippen LogP contribution is 2.35. The molecule has 0 bridgehead atoms. The molecule has 1 aliphatic rings. The summed E-state index contributed by atoms with van der Waals surface area (Å²) in [6.07, 6.45) is 2.23. The first-order chi connectivity index (χ1) is 11.5. The molecule has 1 amide bonds. The first-order valence-electron chi connectivity index (χ1n) is 8.54. The smallest absolute Gasteiger partial charge is 0.234 e. The van der Waals surface area contributed by atoms with E-state index in [0.29, 0.717) is 12.6 Å². The maximum Gasteiger partial charge on any atom is 0.234 e. The standard InChI is InChI=1S/C18H26N4OS/c1-12(16-8-6-10-24-16)19-17(23)11-22-9-5-7-15(22)18-13(2)20-21(4)14(18)3/h6,8,10,12,15H,5,7,9,11H2,1-4H3,(H,19,23)/t12-,15-/m0/s1. The second kappa shape index (κ2) is 7.07. The van der Waals surface area contributed by atoms with Crippen molar-refractivity contribution >= 4 is 17.2 Å². The Bertz CT molecular complexity index is 707. The van der Waals surface area contributed by atoms with E-state index in [1.54, 1.807) is 11.3 Å². The highest BCUT2D eigenvalue weighted by molar-refractivity contribution is 7.10. The quantitative estimate of drug-likeness (QED) is 0.905. The van der Waals surface area contributed by atoms with Crippen LogP contribution in [0.15, 0.2) is 17.5 Å². The highest BCUT2D eigenvalue weighted by atomic mass is 32.1. The molecule has 3 rings (SSSR count). The molecule has 2 atom stereocenters. The van der Waals surface area contributed by atoms with Gasteiger partial charge in [0.1, 0.15) is 0 Å². The lowest BCUT2D eigenvalue weighted by molar-refractivity contribution is -0.123. The molecule has 130 valence electrons. The van der Waals surface area contributed by atoms with Crippen molar-refractivity contribution in [3.05, 3.63) is 39.3 Å². The second-order valence-electron chi connectivity index (χ2n) is 6.64. The number of nitrogens with one attached hydrogen (secondary N) is 1. The number of nitrogens with zero attached hydrogens (tertiary/aromatic N) is 3. The summed E-state index contributed by atoms with van der Waals surface area (Å²) in [6, 6.07) is 4.46. The molecule has 24 heavy (non-hydrogen) atoms. The van der Waals surface area contributed by atoms with Gasteiger partial charge in [-0.3, -0.25) is 14.4 Å². The number of aryl methyl sites for hydroxylation is 2. The Labute approximate surface area is 147 Å². The van der Waals surface area contributed by atoms with E-state index in [4.69, 9.17) is 0 Å². The average molecular weight is 346 g/mol. The lowest BCUT2D eigenvalue weighted by atomic mass is 10.0. The van der Waals surface area contributed by atoms with Gasteiger partial charge in [-0.25, -0.2) is 0 Å². The maximum absolute atomic E-state index is 12.5. The van der Waals surface area contributed by atoms with E-state index >= 15 is 0 Å². The summed E-state index contributed by atoms with van der Waals surface area (Å²) < 4.78 is 1.94. The zero-order chi connectivity index (χ0) is 17.3. The van der Waals surface area contributed by atoms with Gasteiger partial charge < -0.3 is 5.32 Å². The third kappa shape index (κ3) is 3.39. The van der Waals surface area contributed by atoms with E-state index in [2.05, 4.69) is 35.2 Å². The van der Waals surface area contributed by atoms with Crippen LogP contribution in [0.5, 0.6) is 0 Å². The molecule has 5 nitrogen and oxygen atoms in total. The van der Waals surface area contributed by atoms with Crippen LogP contribution < -0.4 is 5.32 Å². The van der Waals surface area contributed by atoms with Gasteiger partial charge in [0.25, 0.3) is 0 Å². The van der Waals surface area contributed by atoms with Gasteiger partial charge in [0, 0.05) is 29.2 Å². The third-order valence-corrected chi connectivity index (χ3v) is 6.01. The van der Waals surface area contributed by atoms with Crippen molar-refractivity contribution < 1.29 is 4.79 Å². The van der Waals surface area contributed by atoms with Crippen molar-refractivity contribution in [2.45, 2.75) is 45.7 Å². The molecular weight excluding hydrogens is 320 g/mol. The summed E-state index contributed by atoms with van der Waals surface area (Å²) in [5, 5.41) is 9.71. The molecule has 1 fully saturated rings. The Morgan fingerprint density at radius 2 is 2.29 bits per heavy atom. The molecule has 0 radical (unpaired) electrons. The lowest BCUT2D eigenvalue weighted by Gasteiger charge is -2.25. The minimum Gasteiger partial charge on any atom is -0.348 e. The maximum atomic E-state index is 12.5. The van der Waals surface area contributed by atoms with Crippen molar-refractivity contribution in [1.29, 1.82) is 0 Å². The summed E-state index contributed by atoms with van der Waals surface area (Å²) in [6.45, 7) is 7.65. The molecule has 0 unspecified atom stereocenters. The number of amides is 1. The van der Waals surface area contributed by atoms with Crippen LogP contribution in [0.2, 0.25) is 0 Å². The van der Waals surface area contributed by atoms with Crippen molar-refractivity contribution in [3.8, 4) is 0 Å². The third-order valence-electron chi connectivity index (χ3n) is 4.96. The molecule has 2 aromatic rings. The van der Waals surface area contributed by atoms with Gasteiger partial charge in [-0.15, -0.1) is 11.3 Å². The van der Waals surface area contributed by atoms with E-state index in [1.807, 2.05) is 30.1 Å². The number of hydrogen-bond donors (Lipinski definition) is 1. The number of carbonyl (C=O) groups is 1. The minimum atomic E-state index is 0.0698. The summed E-state index contributed by atoms with van der Waals surface area (Å²) in [4.78, 5) is 16.0. The van der Waals surface area contributed by atoms with Crippen molar-refractivity contribution in [2.75, 3.05) is 13.1 Å². The molecule has 1 N–H and O–H groups in total. The summed E-state index contributed by atoms with van der Waals surface area (Å²) in [7, 11) is 1.99. The summed E-state index contributed by atoms with van der Waals surface area (Å²) in [5.74, 6) is 0.0991. The van der Waals surface area contributed by atoms with Gasteiger partial charge in [-0.1, -0.05) is 6.07 Å². The SMILES string of the molecule is Cc1nn(C)c(C)c1[C@@H]1CCCN1CC(=O)N[C@@H](C)c1cccs1. The minimum absolute atomic E-state index is 0.0698. The molecule has 2 aromatic heterocycles. The first kappa shape index (κ1) is 17.2. The molecule has 3 heterocycles. The van der Waals surface area contributed by atoms with Gasteiger partial charge in [0.2, 0.25) is 5.91 Å². The van der Waals surface area contributed by atoms with Crippen LogP contribution in [0, 0.1) is 13.8 Å². The van der Waals surface area contributed by atoms with Crippen LogP contribution in [0.4, 0.5) is 0 Å². The second-order valence-corrected chi connectivity index (χ2v) is 7.62. The largest absolute Gasteiger partial charge is 0.348 e. The fourth-order valence-electron chi connectivity index (χ4n) is 3.69. The predicted molar refractivity (Wildman–Crippen MR) is 97.1 cm³/mol. The number of hydrogen-bond acceptors (Lipinski definition) is 4. The van der Waals surface area contributed by atoms with Gasteiger partial charge in [0.05, 0.1) is 18.3 Å². The Kier molecular flexibility index (Phi) is 5.06. The van der Waals surface area contributed by atoms with Crippen LogP contribution >= 0.6 is 11.3 Å². The molecule has 1 saturated heterocycles. The molecular formula is C18H26N4OS. The van der Waals surface area contributed by atoms with E-state index in [0.717, 1.165) is 25.1 Å². The Morgan fingerprint density at radius 3 is 2.92 bits per heavy atom. The molecule has 0 aromatic carbocycles. The summed E-state index contributed by atoms with van der Waals surface area (Å²) >= 11 is 1.68. The molecule has 6 heteroatoms. The molecule has 1 aliphatic heterocycles. The average Bonchev–Trinajstić information content (AvgIpc) is 3.23. The Hall–Kier alpha value is -1.66. The highest BCUT2D eigenvalue weighted by Gasteiger charge is 2.31. The van der Waals surface area contributed by atoms with Gasteiger partial charge >= 0.3 is 0 Å². The molecule has 0 aliphatic carbocycles. The normalized spacial score (nSPS) is 19.6. The summed E-state index contributed by atoms with van der Waals surface area (Å²) in [5.41, 5.74) is 3.59. The number of thiophene rings is 1. The fourth-order valence-corrected chi connectivity index (χ4v) is 4.43. The van der Waals surface area contributed by atoms with Crippen molar-refractivity contribution in [2.24, 2.45) is 7.05 Å². The Morgan fingerprint density at radius 1 is 1.50 bits per heavy atom.